The van der Waals surface area contributed by atoms with Crippen LogP contribution in [-0.2, 0) is 4.74 Å². The third kappa shape index (κ3) is 3.49. The van der Waals surface area contributed by atoms with Gasteiger partial charge in [-0.25, -0.2) is 8.78 Å². The Labute approximate surface area is 149 Å². The van der Waals surface area contributed by atoms with E-state index < -0.39 is 28.9 Å². The molecule has 0 atom stereocenters. The highest BCUT2D eigenvalue weighted by molar-refractivity contribution is 6.05. The lowest BCUT2D eigenvalue weighted by Crippen LogP contribution is -2.43. The van der Waals surface area contributed by atoms with Gasteiger partial charge in [0.05, 0.1) is 5.54 Å². The van der Waals surface area contributed by atoms with Crippen LogP contribution in [0.25, 0.3) is 0 Å². The number of ketones is 1. The van der Waals surface area contributed by atoms with Gasteiger partial charge in [0, 0.05) is 17.2 Å². The van der Waals surface area contributed by atoms with E-state index in [2.05, 4.69) is 0 Å². The van der Waals surface area contributed by atoms with Crippen LogP contribution in [0.2, 0.25) is 0 Å². The fourth-order valence-electron chi connectivity index (χ4n) is 2.69. The molecule has 4 nitrogen and oxygen atoms in total. The number of amides is 1. The Balaban J connectivity index is 1.92. The Kier molecular flexibility index (Phi) is 4.59. The molecule has 1 fully saturated rings. The zero-order valence-electron chi connectivity index (χ0n) is 14.3. The number of rotatable bonds is 3. The molecule has 3 rings (SSSR count). The molecule has 0 aliphatic carbocycles. The molecule has 0 unspecified atom stereocenters. The summed E-state index contributed by atoms with van der Waals surface area (Å²) in [5.41, 5.74) is -0.119. The summed E-state index contributed by atoms with van der Waals surface area (Å²) in [5, 5.41) is 0. The fourth-order valence-corrected chi connectivity index (χ4v) is 2.69. The van der Waals surface area contributed by atoms with Crippen LogP contribution in [0.5, 0.6) is 0 Å². The van der Waals surface area contributed by atoms with Gasteiger partial charge < -0.3 is 4.74 Å². The van der Waals surface area contributed by atoms with Crippen molar-refractivity contribution >= 4 is 11.7 Å². The summed E-state index contributed by atoms with van der Waals surface area (Å²) < 4.78 is 31.7. The summed E-state index contributed by atoms with van der Waals surface area (Å²) in [6.45, 7) is 3.82. The third-order valence-electron chi connectivity index (χ3n) is 4.08. The lowest BCUT2D eigenvalue weighted by Gasteiger charge is -2.28. The number of allylic oxidation sites excluding steroid dienone is 1. The van der Waals surface area contributed by atoms with Crippen molar-refractivity contribution in [1.29, 1.82) is 0 Å². The molecule has 1 heterocycles. The van der Waals surface area contributed by atoms with Crippen molar-refractivity contribution in [3.05, 3.63) is 83.3 Å². The second kappa shape index (κ2) is 6.71. The first-order chi connectivity index (χ1) is 12.3. The summed E-state index contributed by atoms with van der Waals surface area (Å²) in [5.74, 6) is -1.58. The Hall–Kier alpha value is -3.02. The molecule has 26 heavy (non-hydrogen) atoms. The molecule has 0 spiro atoms. The van der Waals surface area contributed by atoms with Gasteiger partial charge in [-0.2, -0.15) is 0 Å². The van der Waals surface area contributed by atoms with Gasteiger partial charge in [-0.1, -0.05) is 0 Å². The summed E-state index contributed by atoms with van der Waals surface area (Å²) in [4.78, 5) is 26.7. The maximum absolute atomic E-state index is 13.1. The molecular formula is C20H17F2NO3. The second-order valence-corrected chi connectivity index (χ2v) is 6.60. The zero-order chi connectivity index (χ0) is 18.9. The van der Waals surface area contributed by atoms with Crippen LogP contribution < -0.4 is 0 Å². The molecule has 2 aromatic carbocycles. The van der Waals surface area contributed by atoms with Crippen LogP contribution in [0.15, 0.2) is 60.5 Å². The normalized spacial score (nSPS) is 17.2. The minimum absolute atomic E-state index is 0.110. The van der Waals surface area contributed by atoms with Gasteiger partial charge in [0.25, 0.3) is 5.91 Å². The van der Waals surface area contributed by atoms with Gasteiger partial charge >= 0.3 is 0 Å². The monoisotopic (exact) mass is 357 g/mol. The summed E-state index contributed by atoms with van der Waals surface area (Å²) in [6.07, 6.45) is 1.21. The molecule has 2 aromatic rings. The Bertz CT molecular complexity index is 871. The molecule has 0 saturated carbocycles. The topological polar surface area (TPSA) is 46.6 Å². The van der Waals surface area contributed by atoms with E-state index in [0.29, 0.717) is 0 Å². The van der Waals surface area contributed by atoms with Gasteiger partial charge in [-0.3, -0.25) is 14.5 Å². The molecule has 1 aliphatic rings. The van der Waals surface area contributed by atoms with Gasteiger partial charge in [0.2, 0.25) is 5.88 Å². The number of benzene rings is 2. The minimum atomic E-state index is -0.680. The van der Waals surface area contributed by atoms with Crippen molar-refractivity contribution in [2.75, 3.05) is 6.61 Å². The highest BCUT2D eigenvalue weighted by Crippen LogP contribution is 2.31. The fraction of sp³-hybridized carbons (Fsp3) is 0.200. The first-order valence-corrected chi connectivity index (χ1v) is 8.02. The lowest BCUT2D eigenvalue weighted by molar-refractivity contribution is 0.0709. The van der Waals surface area contributed by atoms with Crippen molar-refractivity contribution in [3.63, 3.8) is 0 Å². The van der Waals surface area contributed by atoms with Crippen LogP contribution in [0, 0.1) is 11.6 Å². The third-order valence-corrected chi connectivity index (χ3v) is 4.08. The Morgan fingerprint density at radius 3 is 2.00 bits per heavy atom. The van der Waals surface area contributed by atoms with Gasteiger partial charge in [0.1, 0.15) is 18.2 Å². The van der Waals surface area contributed by atoms with E-state index in [4.69, 9.17) is 4.74 Å². The van der Waals surface area contributed by atoms with E-state index in [1.807, 2.05) is 0 Å². The number of carbonyl (C=O) groups is 2. The number of hydrogen-bond acceptors (Lipinski definition) is 3. The zero-order valence-corrected chi connectivity index (χ0v) is 14.3. The van der Waals surface area contributed by atoms with Gasteiger partial charge in [-0.05, 0) is 62.4 Å². The van der Waals surface area contributed by atoms with E-state index >= 15 is 0 Å². The van der Waals surface area contributed by atoms with Gasteiger partial charge in [-0.15, -0.1) is 0 Å². The number of nitrogens with zero attached hydrogens (tertiary/aromatic N) is 1. The molecule has 0 bridgehead atoms. The van der Waals surface area contributed by atoms with E-state index in [-0.39, 0.29) is 23.6 Å². The molecule has 0 aromatic heterocycles. The molecular weight excluding hydrogens is 340 g/mol. The molecule has 0 N–H and O–H groups in total. The first-order valence-electron chi connectivity index (χ1n) is 8.02. The summed E-state index contributed by atoms with van der Waals surface area (Å²) in [7, 11) is 0. The van der Waals surface area contributed by atoms with Crippen molar-refractivity contribution in [1.82, 2.24) is 4.90 Å². The predicted molar refractivity (Wildman–Crippen MR) is 91.4 cm³/mol. The summed E-state index contributed by atoms with van der Waals surface area (Å²) >= 11 is 0. The SMILES string of the molecule is CC1(C)CO/C(=C\C(=O)c2ccc(F)cc2)N1C(=O)c1ccc(F)cc1. The minimum Gasteiger partial charge on any atom is -0.476 e. The molecule has 0 radical (unpaired) electrons. The summed E-state index contributed by atoms with van der Waals surface area (Å²) in [6, 6.07) is 10.3. The van der Waals surface area contributed by atoms with E-state index in [1.54, 1.807) is 13.8 Å². The van der Waals surface area contributed by atoms with Gasteiger partial charge in [0.15, 0.2) is 5.78 Å². The average molecular weight is 357 g/mol. The Morgan fingerprint density at radius 1 is 0.962 bits per heavy atom. The maximum Gasteiger partial charge on any atom is 0.261 e. The molecule has 134 valence electrons. The van der Waals surface area contributed by atoms with Crippen molar-refractivity contribution in [3.8, 4) is 0 Å². The highest BCUT2D eigenvalue weighted by Gasteiger charge is 2.42. The average Bonchev–Trinajstić information content (AvgIpc) is 2.89. The van der Waals surface area contributed by atoms with Crippen LogP contribution in [0.3, 0.4) is 0 Å². The van der Waals surface area contributed by atoms with Crippen molar-refractivity contribution < 1.29 is 23.1 Å². The Morgan fingerprint density at radius 2 is 1.46 bits per heavy atom. The highest BCUT2D eigenvalue weighted by atomic mass is 19.1. The molecule has 1 saturated heterocycles. The van der Waals surface area contributed by atoms with E-state index in [1.165, 1.54) is 59.5 Å². The number of halogens is 2. The quantitative estimate of drug-likeness (QED) is 0.617. The predicted octanol–water partition coefficient (Wildman–Crippen LogP) is 3.94. The van der Waals surface area contributed by atoms with Crippen LogP contribution in [-0.4, -0.2) is 28.7 Å². The molecule has 6 heteroatoms. The van der Waals surface area contributed by atoms with E-state index in [9.17, 15) is 18.4 Å². The van der Waals surface area contributed by atoms with Crippen molar-refractivity contribution in [2.24, 2.45) is 0 Å². The standard InChI is InChI=1S/C20H17F2NO3/c1-20(2)12-26-18(11-17(24)13-3-7-15(21)8-4-13)23(20)19(25)14-5-9-16(22)10-6-14/h3-11H,12H2,1-2H3/b18-11-. The maximum atomic E-state index is 13.1. The molecule has 1 amide bonds. The number of carbonyl (C=O) groups excluding carboxylic acids is 2. The smallest absolute Gasteiger partial charge is 0.261 e. The lowest BCUT2D eigenvalue weighted by atomic mass is 10.0. The second-order valence-electron chi connectivity index (χ2n) is 6.60. The molecule has 1 aliphatic heterocycles. The van der Waals surface area contributed by atoms with Crippen LogP contribution in [0.1, 0.15) is 34.6 Å². The number of ether oxygens (including phenoxy) is 1. The van der Waals surface area contributed by atoms with E-state index in [0.717, 1.165) is 0 Å². The van der Waals surface area contributed by atoms with Crippen LogP contribution in [0.4, 0.5) is 8.78 Å². The number of hydrogen-bond donors (Lipinski definition) is 0. The van der Waals surface area contributed by atoms with Crippen LogP contribution >= 0.6 is 0 Å². The van der Waals surface area contributed by atoms with Crippen molar-refractivity contribution in [2.45, 2.75) is 19.4 Å². The largest absolute Gasteiger partial charge is 0.476 e. The first kappa shape index (κ1) is 17.8.